The van der Waals surface area contributed by atoms with Crippen LogP contribution in [-0.4, -0.2) is 72.6 Å². The van der Waals surface area contributed by atoms with Crippen LogP contribution < -0.4 is 0 Å². The van der Waals surface area contributed by atoms with Crippen LogP contribution in [0.15, 0.2) is 0 Å². The molecule has 3 nitrogen and oxygen atoms in total. The van der Waals surface area contributed by atoms with E-state index in [0.29, 0.717) is 5.54 Å². The molecule has 17 heavy (non-hydrogen) atoms. The third-order valence-corrected chi connectivity index (χ3v) is 4.40. The molecule has 2 saturated heterocycles. The maximum atomic E-state index is 2.72. The molecule has 0 N–H and O–H groups in total. The minimum Gasteiger partial charge on any atom is -0.304 e. The largest absolute Gasteiger partial charge is 0.304 e. The molecule has 0 amide bonds. The summed E-state index contributed by atoms with van der Waals surface area (Å²) in [4.78, 5) is 7.83. The molecule has 0 bridgehead atoms. The molecular weight excluding hydrogens is 210 g/mol. The summed E-state index contributed by atoms with van der Waals surface area (Å²) >= 11 is 0. The Balaban J connectivity index is 1.89. The lowest BCUT2D eigenvalue weighted by Gasteiger charge is -2.46. The second kappa shape index (κ2) is 5.25. The Kier molecular flexibility index (Phi) is 4.11. The zero-order chi connectivity index (χ0) is 12.5. The van der Waals surface area contributed by atoms with Gasteiger partial charge in [0.25, 0.3) is 0 Å². The molecule has 2 heterocycles. The zero-order valence-corrected chi connectivity index (χ0v) is 12.1. The molecule has 1 atom stereocenters. The summed E-state index contributed by atoms with van der Waals surface area (Å²) < 4.78 is 0. The van der Waals surface area contributed by atoms with Crippen LogP contribution in [0.5, 0.6) is 0 Å². The molecule has 2 aliphatic heterocycles. The van der Waals surface area contributed by atoms with E-state index in [1.54, 1.807) is 0 Å². The summed E-state index contributed by atoms with van der Waals surface area (Å²) in [6.45, 7) is 14.6. The number of piperidine rings is 1. The lowest BCUT2D eigenvalue weighted by atomic mass is 9.97. The number of hydrogen-bond donors (Lipinski definition) is 0. The highest BCUT2D eigenvalue weighted by Gasteiger charge is 2.31. The maximum Gasteiger partial charge on any atom is 0.0224 e. The minimum atomic E-state index is 0.339. The summed E-state index contributed by atoms with van der Waals surface area (Å²) in [5.41, 5.74) is 0.339. The molecular formula is C14H29N3. The van der Waals surface area contributed by atoms with Crippen LogP contribution in [0.25, 0.3) is 0 Å². The lowest BCUT2D eigenvalue weighted by molar-refractivity contribution is 0.0247. The van der Waals surface area contributed by atoms with Crippen molar-refractivity contribution in [2.24, 2.45) is 0 Å². The molecule has 0 aromatic rings. The molecule has 0 aromatic carbocycles. The first kappa shape index (κ1) is 13.3. The van der Waals surface area contributed by atoms with E-state index in [2.05, 4.69) is 42.5 Å². The van der Waals surface area contributed by atoms with Gasteiger partial charge < -0.3 is 4.90 Å². The molecule has 0 spiro atoms. The van der Waals surface area contributed by atoms with Crippen molar-refractivity contribution in [1.29, 1.82) is 0 Å². The van der Waals surface area contributed by atoms with Crippen molar-refractivity contribution in [3.63, 3.8) is 0 Å². The van der Waals surface area contributed by atoms with Gasteiger partial charge in [-0.1, -0.05) is 0 Å². The van der Waals surface area contributed by atoms with Gasteiger partial charge in [-0.3, -0.25) is 9.80 Å². The molecule has 0 aromatic heterocycles. The molecule has 3 heteroatoms. The normalized spacial score (nSPS) is 30.7. The second-order valence-electron chi connectivity index (χ2n) is 6.75. The SMILES string of the molecule is CN1CCN(C2CCCN(C(C)(C)C)C2)CC1. The molecule has 1 unspecified atom stereocenters. The van der Waals surface area contributed by atoms with Crippen molar-refractivity contribution >= 4 is 0 Å². The van der Waals surface area contributed by atoms with Crippen LogP contribution in [0, 0.1) is 0 Å². The van der Waals surface area contributed by atoms with Crippen LogP contribution in [0.2, 0.25) is 0 Å². The van der Waals surface area contributed by atoms with Crippen LogP contribution >= 0.6 is 0 Å². The van der Waals surface area contributed by atoms with Gasteiger partial charge in [-0.15, -0.1) is 0 Å². The van der Waals surface area contributed by atoms with E-state index in [1.165, 1.54) is 52.1 Å². The Hall–Kier alpha value is -0.120. The Morgan fingerprint density at radius 2 is 1.59 bits per heavy atom. The van der Waals surface area contributed by atoms with Gasteiger partial charge in [0.1, 0.15) is 0 Å². The average molecular weight is 239 g/mol. The summed E-state index contributed by atoms with van der Waals surface area (Å²) in [7, 11) is 2.24. The van der Waals surface area contributed by atoms with Crippen molar-refractivity contribution in [2.45, 2.75) is 45.2 Å². The Morgan fingerprint density at radius 1 is 0.941 bits per heavy atom. The Labute approximate surface area is 107 Å². The van der Waals surface area contributed by atoms with Gasteiger partial charge in [0.05, 0.1) is 0 Å². The highest BCUT2D eigenvalue weighted by Crippen LogP contribution is 2.23. The number of piperazine rings is 1. The van der Waals surface area contributed by atoms with Gasteiger partial charge in [-0.25, -0.2) is 0 Å². The van der Waals surface area contributed by atoms with E-state index >= 15 is 0 Å². The fourth-order valence-electron chi connectivity index (χ4n) is 3.05. The van der Waals surface area contributed by atoms with Crippen LogP contribution in [0.3, 0.4) is 0 Å². The van der Waals surface area contributed by atoms with Crippen molar-refractivity contribution < 1.29 is 0 Å². The van der Waals surface area contributed by atoms with Gasteiger partial charge in [0.15, 0.2) is 0 Å². The topological polar surface area (TPSA) is 9.72 Å². The third-order valence-electron chi connectivity index (χ3n) is 4.40. The van der Waals surface area contributed by atoms with E-state index < -0.39 is 0 Å². The van der Waals surface area contributed by atoms with Crippen molar-refractivity contribution in [1.82, 2.24) is 14.7 Å². The summed E-state index contributed by atoms with van der Waals surface area (Å²) in [6.07, 6.45) is 2.77. The molecule has 0 radical (unpaired) electrons. The smallest absolute Gasteiger partial charge is 0.0224 e. The fourth-order valence-corrected chi connectivity index (χ4v) is 3.05. The van der Waals surface area contributed by atoms with E-state index in [4.69, 9.17) is 0 Å². The van der Waals surface area contributed by atoms with E-state index in [1.807, 2.05) is 0 Å². The van der Waals surface area contributed by atoms with Gasteiger partial charge in [-0.05, 0) is 47.2 Å². The van der Waals surface area contributed by atoms with Crippen molar-refractivity contribution in [2.75, 3.05) is 46.3 Å². The summed E-state index contributed by atoms with van der Waals surface area (Å²) in [6, 6.07) is 0.802. The predicted octanol–water partition coefficient (Wildman–Crippen LogP) is 1.50. The first-order valence-electron chi connectivity index (χ1n) is 7.14. The number of likely N-dealkylation sites (tertiary alicyclic amines) is 1. The fraction of sp³-hybridized carbons (Fsp3) is 1.00. The molecule has 0 saturated carbocycles. The van der Waals surface area contributed by atoms with Gasteiger partial charge in [-0.2, -0.15) is 0 Å². The zero-order valence-electron chi connectivity index (χ0n) is 12.1. The number of rotatable bonds is 1. The van der Waals surface area contributed by atoms with E-state index in [-0.39, 0.29) is 0 Å². The number of likely N-dealkylation sites (N-methyl/N-ethyl adjacent to an activating group) is 1. The van der Waals surface area contributed by atoms with Crippen LogP contribution in [-0.2, 0) is 0 Å². The molecule has 0 aliphatic carbocycles. The summed E-state index contributed by atoms with van der Waals surface area (Å²) in [5.74, 6) is 0. The molecule has 2 aliphatic rings. The Morgan fingerprint density at radius 3 is 2.18 bits per heavy atom. The Bertz CT molecular complexity index is 238. The van der Waals surface area contributed by atoms with Gasteiger partial charge >= 0.3 is 0 Å². The third kappa shape index (κ3) is 3.43. The lowest BCUT2D eigenvalue weighted by Crippen LogP contribution is -2.57. The van der Waals surface area contributed by atoms with E-state index in [9.17, 15) is 0 Å². The highest BCUT2D eigenvalue weighted by molar-refractivity contribution is 4.88. The minimum absolute atomic E-state index is 0.339. The van der Waals surface area contributed by atoms with Crippen LogP contribution in [0.4, 0.5) is 0 Å². The second-order valence-corrected chi connectivity index (χ2v) is 6.75. The summed E-state index contributed by atoms with van der Waals surface area (Å²) in [5, 5.41) is 0. The average Bonchev–Trinajstić information content (AvgIpc) is 2.29. The highest BCUT2D eigenvalue weighted by atomic mass is 15.3. The van der Waals surface area contributed by atoms with Gasteiger partial charge in [0, 0.05) is 44.3 Å². The van der Waals surface area contributed by atoms with Crippen LogP contribution in [0.1, 0.15) is 33.6 Å². The van der Waals surface area contributed by atoms with Crippen molar-refractivity contribution in [3.05, 3.63) is 0 Å². The number of nitrogens with zero attached hydrogens (tertiary/aromatic N) is 3. The first-order valence-corrected chi connectivity index (χ1v) is 7.14. The number of hydrogen-bond acceptors (Lipinski definition) is 3. The quantitative estimate of drug-likeness (QED) is 0.686. The monoisotopic (exact) mass is 239 g/mol. The molecule has 2 rings (SSSR count). The van der Waals surface area contributed by atoms with Gasteiger partial charge in [0.2, 0.25) is 0 Å². The molecule has 2 fully saturated rings. The predicted molar refractivity (Wildman–Crippen MR) is 73.4 cm³/mol. The standard InChI is InChI=1S/C14H29N3/c1-14(2,3)17-7-5-6-13(12-17)16-10-8-15(4)9-11-16/h13H,5-12H2,1-4H3. The van der Waals surface area contributed by atoms with E-state index in [0.717, 1.165) is 6.04 Å². The van der Waals surface area contributed by atoms with Crippen molar-refractivity contribution in [3.8, 4) is 0 Å². The first-order chi connectivity index (χ1) is 7.97. The molecule has 100 valence electrons. The maximum absolute atomic E-state index is 2.72.